The van der Waals surface area contributed by atoms with E-state index >= 15 is 0 Å². The molecule has 0 spiro atoms. The second-order valence-electron chi connectivity index (χ2n) is 6.22. The Morgan fingerprint density at radius 2 is 1.96 bits per heavy atom. The van der Waals surface area contributed by atoms with Crippen LogP contribution in [0.25, 0.3) is 6.08 Å². The Morgan fingerprint density at radius 1 is 1.15 bits per heavy atom. The van der Waals surface area contributed by atoms with Crippen LogP contribution in [0.3, 0.4) is 0 Å². The van der Waals surface area contributed by atoms with E-state index in [2.05, 4.69) is 5.32 Å². The van der Waals surface area contributed by atoms with E-state index in [1.807, 2.05) is 18.2 Å². The van der Waals surface area contributed by atoms with E-state index in [4.69, 9.17) is 9.47 Å². The number of carbonyl (C=O) groups excluding carboxylic acids is 2. The van der Waals surface area contributed by atoms with Gasteiger partial charge in [-0.2, -0.15) is 0 Å². The minimum Gasteiger partial charge on any atom is -0.494 e. The summed E-state index contributed by atoms with van der Waals surface area (Å²) in [6.07, 6.45) is 5.78. The Kier molecular flexibility index (Phi) is 5.86. The van der Waals surface area contributed by atoms with Gasteiger partial charge in [0.1, 0.15) is 0 Å². The van der Waals surface area contributed by atoms with Crippen LogP contribution in [0.4, 0.5) is 10.1 Å². The number of fused-ring (bicyclic) bond motifs is 1. The topological polar surface area (TPSA) is 64.6 Å². The van der Waals surface area contributed by atoms with Gasteiger partial charge in [0.15, 0.2) is 18.2 Å². The Hall–Kier alpha value is -3.15. The van der Waals surface area contributed by atoms with Crippen molar-refractivity contribution in [1.82, 2.24) is 0 Å². The molecule has 1 aliphatic carbocycles. The van der Waals surface area contributed by atoms with Gasteiger partial charge in [0.2, 0.25) is 0 Å². The first kappa shape index (κ1) is 18.6. The van der Waals surface area contributed by atoms with Gasteiger partial charge >= 0.3 is 5.97 Å². The minimum absolute atomic E-state index is 0.123. The van der Waals surface area contributed by atoms with Crippen LogP contribution in [-0.2, 0) is 27.2 Å². The van der Waals surface area contributed by atoms with Crippen LogP contribution in [0.2, 0.25) is 0 Å². The SMILES string of the molecule is COc1ccc(/C=C/C(=O)OCC(=O)Nc2ccc3c(c2)CCC3)cc1F. The van der Waals surface area contributed by atoms with E-state index in [-0.39, 0.29) is 5.75 Å². The monoisotopic (exact) mass is 369 g/mol. The van der Waals surface area contributed by atoms with Crippen molar-refractivity contribution >= 4 is 23.6 Å². The zero-order chi connectivity index (χ0) is 19.2. The molecule has 0 radical (unpaired) electrons. The van der Waals surface area contributed by atoms with E-state index < -0.39 is 24.3 Å². The summed E-state index contributed by atoms with van der Waals surface area (Å²) in [5.41, 5.74) is 3.74. The van der Waals surface area contributed by atoms with Crippen molar-refractivity contribution in [3.05, 3.63) is 65.0 Å². The normalized spacial score (nSPS) is 12.7. The molecule has 0 saturated heterocycles. The van der Waals surface area contributed by atoms with Crippen LogP contribution >= 0.6 is 0 Å². The number of halogens is 1. The Bertz CT molecular complexity index is 892. The lowest BCUT2D eigenvalue weighted by Crippen LogP contribution is -2.20. The van der Waals surface area contributed by atoms with E-state index in [0.29, 0.717) is 11.3 Å². The number of carbonyl (C=O) groups is 2. The molecule has 0 bridgehead atoms. The Balaban J connectivity index is 1.48. The lowest BCUT2D eigenvalue weighted by molar-refractivity contribution is -0.142. The van der Waals surface area contributed by atoms with E-state index in [1.54, 1.807) is 6.07 Å². The van der Waals surface area contributed by atoms with Crippen molar-refractivity contribution in [3.8, 4) is 5.75 Å². The Labute approximate surface area is 156 Å². The van der Waals surface area contributed by atoms with Gasteiger partial charge < -0.3 is 14.8 Å². The number of amides is 1. The highest BCUT2D eigenvalue weighted by Gasteiger charge is 2.12. The molecular weight excluding hydrogens is 349 g/mol. The van der Waals surface area contributed by atoms with Gasteiger partial charge in [0.25, 0.3) is 5.91 Å². The third-order valence-electron chi connectivity index (χ3n) is 4.32. The average molecular weight is 369 g/mol. The molecular formula is C21H20FNO4. The number of hydrogen-bond donors (Lipinski definition) is 1. The molecule has 0 saturated carbocycles. The maximum absolute atomic E-state index is 13.6. The van der Waals surface area contributed by atoms with Gasteiger partial charge in [-0.15, -0.1) is 0 Å². The molecule has 0 fully saturated rings. The standard InChI is InChI=1S/C21H20FNO4/c1-26-19-9-5-14(11-18(19)22)6-10-21(25)27-13-20(24)23-17-8-7-15-3-2-4-16(15)12-17/h5-12H,2-4,13H2,1H3,(H,23,24)/b10-6+. The van der Waals surface area contributed by atoms with Crippen LogP contribution in [0.5, 0.6) is 5.75 Å². The number of aryl methyl sites for hydroxylation is 2. The number of nitrogens with one attached hydrogen (secondary N) is 1. The maximum atomic E-state index is 13.6. The predicted octanol–water partition coefficient (Wildman–Crippen LogP) is 3.52. The maximum Gasteiger partial charge on any atom is 0.331 e. The molecule has 5 nitrogen and oxygen atoms in total. The first-order chi connectivity index (χ1) is 13.0. The van der Waals surface area contributed by atoms with Crippen molar-refractivity contribution in [2.24, 2.45) is 0 Å². The molecule has 0 aliphatic heterocycles. The summed E-state index contributed by atoms with van der Waals surface area (Å²) in [4.78, 5) is 23.7. The highest BCUT2D eigenvalue weighted by Crippen LogP contribution is 2.24. The van der Waals surface area contributed by atoms with Gasteiger partial charge in [-0.25, -0.2) is 9.18 Å². The fourth-order valence-corrected chi connectivity index (χ4v) is 2.98. The third kappa shape index (κ3) is 4.94. The van der Waals surface area contributed by atoms with Crippen molar-refractivity contribution < 1.29 is 23.5 Å². The Morgan fingerprint density at radius 3 is 2.74 bits per heavy atom. The summed E-state index contributed by atoms with van der Waals surface area (Å²) in [5.74, 6) is -1.50. The summed E-state index contributed by atoms with van der Waals surface area (Å²) in [7, 11) is 1.37. The number of methoxy groups -OCH3 is 1. The number of rotatable bonds is 6. The molecule has 140 valence electrons. The second-order valence-corrected chi connectivity index (χ2v) is 6.22. The molecule has 6 heteroatoms. The van der Waals surface area contributed by atoms with Crippen LogP contribution in [-0.4, -0.2) is 25.6 Å². The average Bonchev–Trinajstić information content (AvgIpc) is 3.12. The number of anilines is 1. The molecule has 27 heavy (non-hydrogen) atoms. The molecule has 0 atom stereocenters. The summed E-state index contributed by atoms with van der Waals surface area (Å²) in [5, 5.41) is 2.72. The zero-order valence-electron chi connectivity index (χ0n) is 15.0. The minimum atomic E-state index is -0.685. The molecule has 0 heterocycles. The van der Waals surface area contributed by atoms with Crippen LogP contribution in [0.15, 0.2) is 42.5 Å². The molecule has 0 aromatic heterocycles. The van der Waals surface area contributed by atoms with Gasteiger partial charge in [0.05, 0.1) is 7.11 Å². The first-order valence-electron chi connectivity index (χ1n) is 8.65. The molecule has 2 aromatic carbocycles. The zero-order valence-corrected chi connectivity index (χ0v) is 15.0. The second kappa shape index (κ2) is 8.49. The summed E-state index contributed by atoms with van der Waals surface area (Å²) >= 11 is 0. The molecule has 3 rings (SSSR count). The predicted molar refractivity (Wildman–Crippen MR) is 100 cm³/mol. The van der Waals surface area contributed by atoms with Crippen molar-refractivity contribution in [3.63, 3.8) is 0 Å². The molecule has 1 N–H and O–H groups in total. The summed E-state index contributed by atoms with van der Waals surface area (Å²) in [6, 6.07) is 10.1. The number of hydrogen-bond acceptors (Lipinski definition) is 4. The highest BCUT2D eigenvalue weighted by atomic mass is 19.1. The molecule has 1 amide bonds. The highest BCUT2D eigenvalue weighted by molar-refractivity contribution is 5.94. The fraction of sp³-hybridized carbons (Fsp3) is 0.238. The van der Waals surface area contributed by atoms with Crippen molar-refractivity contribution in [2.45, 2.75) is 19.3 Å². The lowest BCUT2D eigenvalue weighted by atomic mass is 10.1. The molecule has 1 aliphatic rings. The van der Waals surface area contributed by atoms with Gasteiger partial charge in [-0.3, -0.25) is 4.79 Å². The van der Waals surface area contributed by atoms with Gasteiger partial charge in [-0.1, -0.05) is 12.1 Å². The van der Waals surface area contributed by atoms with Gasteiger partial charge in [0, 0.05) is 11.8 Å². The van der Waals surface area contributed by atoms with Crippen LogP contribution in [0.1, 0.15) is 23.1 Å². The largest absolute Gasteiger partial charge is 0.494 e. The number of ether oxygens (including phenoxy) is 2. The summed E-state index contributed by atoms with van der Waals surface area (Å²) < 4.78 is 23.3. The third-order valence-corrected chi connectivity index (χ3v) is 4.32. The quantitative estimate of drug-likeness (QED) is 0.625. The van der Waals surface area contributed by atoms with E-state index in [1.165, 1.54) is 36.4 Å². The molecule has 2 aromatic rings. The fourth-order valence-electron chi connectivity index (χ4n) is 2.98. The van der Waals surface area contributed by atoms with E-state index in [9.17, 15) is 14.0 Å². The van der Waals surface area contributed by atoms with Crippen molar-refractivity contribution in [1.29, 1.82) is 0 Å². The lowest BCUT2D eigenvalue weighted by Gasteiger charge is -2.07. The van der Waals surface area contributed by atoms with Crippen LogP contribution < -0.4 is 10.1 Å². The molecule has 0 unspecified atom stereocenters. The van der Waals surface area contributed by atoms with Crippen LogP contribution in [0, 0.1) is 5.82 Å². The van der Waals surface area contributed by atoms with Crippen molar-refractivity contribution in [2.75, 3.05) is 19.0 Å². The first-order valence-corrected chi connectivity index (χ1v) is 8.65. The van der Waals surface area contributed by atoms with E-state index in [0.717, 1.165) is 25.3 Å². The summed E-state index contributed by atoms with van der Waals surface area (Å²) in [6.45, 7) is -0.392. The number of esters is 1. The number of benzene rings is 2. The smallest absolute Gasteiger partial charge is 0.331 e. The van der Waals surface area contributed by atoms with Gasteiger partial charge in [-0.05, 0) is 66.3 Å².